The number of rotatable bonds is 8. The monoisotopic (exact) mass is 759 g/mol. The summed E-state index contributed by atoms with van der Waals surface area (Å²) in [5.74, 6) is -2.42. The highest BCUT2D eigenvalue weighted by Crippen LogP contribution is 2.29. The predicted octanol–water partition coefficient (Wildman–Crippen LogP) is 2.42. The number of hydrogen-bond donors (Lipinski definition) is 0. The minimum Gasteiger partial charge on any atom is -0.858 e. The van der Waals surface area contributed by atoms with Crippen molar-refractivity contribution in [3.8, 4) is 11.5 Å². The van der Waals surface area contributed by atoms with E-state index in [-0.39, 0.29) is 34.0 Å². The second-order valence-electron chi connectivity index (χ2n) is 6.78. The van der Waals surface area contributed by atoms with Gasteiger partial charge in [0.1, 0.15) is 27.4 Å². The highest BCUT2D eigenvalue weighted by atomic mass is 127. The first-order chi connectivity index (χ1) is 16.8. The van der Waals surface area contributed by atoms with E-state index in [2.05, 4.69) is 4.40 Å². The normalized spacial score (nSPS) is 12.3. The van der Waals surface area contributed by atoms with E-state index >= 15 is 0 Å². The molecule has 0 aliphatic rings. The van der Waals surface area contributed by atoms with Crippen molar-refractivity contribution in [3.63, 3.8) is 0 Å². The Labute approximate surface area is 232 Å². The molecule has 0 bridgehead atoms. The average molecular weight is 759 g/mol. The van der Waals surface area contributed by atoms with Crippen LogP contribution in [-0.4, -0.2) is 39.9 Å². The Kier molecular flexibility index (Phi) is 8.91. The molecule has 0 amide bonds. The molecule has 0 radical (unpaired) electrons. The molecular weight excluding hydrogens is 747 g/mol. The lowest BCUT2D eigenvalue weighted by atomic mass is 10.2. The van der Waals surface area contributed by atoms with Crippen LogP contribution in [0.5, 0.6) is 11.5 Å². The van der Waals surface area contributed by atoms with Gasteiger partial charge in [0.2, 0.25) is 0 Å². The SMILES string of the molecule is O=C(COc1cc(I)c(S(=O)(=O)[O-])c(I)c1)Oc1ccc(S(=O)(=O)/N=C(\[O-])c2ccc(F)cc2)cc1. The van der Waals surface area contributed by atoms with Crippen LogP contribution in [0.15, 0.2) is 74.9 Å². The first kappa shape index (κ1) is 28.2. The zero-order valence-electron chi connectivity index (χ0n) is 17.6. The fourth-order valence-electron chi connectivity index (χ4n) is 2.65. The summed E-state index contributed by atoms with van der Waals surface area (Å²) in [4.78, 5) is 11.4. The van der Waals surface area contributed by atoms with Crippen LogP contribution in [0.2, 0.25) is 0 Å². The quantitative estimate of drug-likeness (QED) is 0.0839. The van der Waals surface area contributed by atoms with Gasteiger partial charge in [-0.2, -0.15) is 12.8 Å². The van der Waals surface area contributed by atoms with Crippen LogP contribution in [0.1, 0.15) is 5.56 Å². The molecule has 0 heterocycles. The Balaban J connectivity index is 1.65. The Morgan fingerprint density at radius 3 is 2.00 bits per heavy atom. The number of esters is 1. The molecule has 10 nitrogen and oxygen atoms in total. The van der Waals surface area contributed by atoms with Crippen LogP contribution in [0.3, 0.4) is 0 Å². The second kappa shape index (κ2) is 11.4. The van der Waals surface area contributed by atoms with Crippen LogP contribution in [0.4, 0.5) is 4.39 Å². The van der Waals surface area contributed by atoms with Crippen LogP contribution in [0, 0.1) is 13.0 Å². The highest BCUT2D eigenvalue weighted by Gasteiger charge is 2.16. The molecule has 190 valence electrons. The molecule has 36 heavy (non-hydrogen) atoms. The molecule has 0 aromatic heterocycles. The average Bonchev–Trinajstić information content (AvgIpc) is 2.77. The van der Waals surface area contributed by atoms with Gasteiger partial charge in [-0.3, -0.25) is 0 Å². The topological polar surface area (TPSA) is 162 Å². The molecular formula is C21H12FI2NO9S2-2. The molecule has 0 spiro atoms. The van der Waals surface area contributed by atoms with Crippen LogP contribution >= 0.6 is 45.2 Å². The number of halogens is 3. The molecule has 3 aromatic carbocycles. The fraction of sp³-hybridized carbons (Fsp3) is 0.0476. The van der Waals surface area contributed by atoms with Crippen LogP contribution in [0.25, 0.3) is 0 Å². The number of ether oxygens (including phenoxy) is 2. The van der Waals surface area contributed by atoms with Crippen molar-refractivity contribution in [1.29, 1.82) is 0 Å². The minimum atomic E-state index is -4.68. The van der Waals surface area contributed by atoms with E-state index in [1.54, 1.807) is 45.2 Å². The fourth-order valence-corrected chi connectivity index (χ4v) is 7.48. The number of sulfonamides is 1. The van der Waals surface area contributed by atoms with E-state index in [0.717, 1.165) is 36.4 Å². The van der Waals surface area contributed by atoms with Gasteiger partial charge in [-0.25, -0.2) is 17.6 Å². The highest BCUT2D eigenvalue weighted by molar-refractivity contribution is 14.1. The van der Waals surface area contributed by atoms with E-state index in [1.807, 2.05) is 0 Å². The summed E-state index contributed by atoms with van der Waals surface area (Å²) in [5.41, 5.74) is -0.112. The second-order valence-corrected chi connectivity index (χ2v) is 12.0. The Hall–Kier alpha value is -2.35. The van der Waals surface area contributed by atoms with Crippen molar-refractivity contribution in [2.45, 2.75) is 9.79 Å². The summed E-state index contributed by atoms with van der Waals surface area (Å²) >= 11 is 3.32. The maximum Gasteiger partial charge on any atom is 0.349 e. The van der Waals surface area contributed by atoms with E-state index in [0.29, 0.717) is 0 Å². The van der Waals surface area contributed by atoms with Crippen molar-refractivity contribution < 1.29 is 45.2 Å². The number of hydrogen-bond acceptors (Lipinski definition) is 9. The summed E-state index contributed by atoms with van der Waals surface area (Å²) in [6, 6.07) is 11.2. The maximum atomic E-state index is 13.0. The molecule has 0 saturated heterocycles. The number of benzene rings is 3. The van der Waals surface area contributed by atoms with Gasteiger partial charge in [0.05, 0.1) is 9.79 Å². The zero-order valence-corrected chi connectivity index (χ0v) is 23.5. The third-order valence-corrected chi connectivity index (χ3v) is 8.87. The zero-order chi connectivity index (χ0) is 26.7. The van der Waals surface area contributed by atoms with Gasteiger partial charge in [0.15, 0.2) is 6.61 Å². The largest absolute Gasteiger partial charge is 0.858 e. The van der Waals surface area contributed by atoms with E-state index in [4.69, 9.17) is 9.47 Å². The number of nitrogens with zero attached hydrogens (tertiary/aromatic N) is 1. The molecule has 0 fully saturated rings. The van der Waals surface area contributed by atoms with Crippen molar-refractivity contribution >= 4 is 77.2 Å². The standard InChI is InChI=1S/C21H14FI2NO9S2/c22-13-3-1-12(2-4-13)21(27)25-35(28,29)16-7-5-14(6-8-16)34-19(26)11-33-15-9-17(23)20(18(24)10-15)36(30,31)32/h1-10H,11H2,(H,25,27)(H,30,31,32)/p-2. The molecule has 0 aliphatic carbocycles. The maximum absolute atomic E-state index is 13.0. The smallest absolute Gasteiger partial charge is 0.349 e. The third kappa shape index (κ3) is 7.34. The van der Waals surface area contributed by atoms with Crippen molar-refractivity contribution in [1.82, 2.24) is 0 Å². The predicted molar refractivity (Wildman–Crippen MR) is 138 cm³/mol. The summed E-state index contributed by atoms with van der Waals surface area (Å²) in [5, 5.41) is 12.1. The molecule has 0 unspecified atom stereocenters. The lowest BCUT2D eigenvalue weighted by Gasteiger charge is -2.14. The molecule has 0 saturated carbocycles. The molecule has 3 rings (SSSR count). The van der Waals surface area contributed by atoms with Crippen molar-refractivity contribution in [2.75, 3.05) is 6.61 Å². The molecule has 15 heteroatoms. The summed E-state index contributed by atoms with van der Waals surface area (Å²) in [7, 11) is -9.07. The van der Waals surface area contributed by atoms with Gasteiger partial charge in [0.25, 0.3) is 10.0 Å². The first-order valence-corrected chi connectivity index (χ1v) is 14.4. The van der Waals surface area contributed by atoms with Gasteiger partial charge in [-0.15, -0.1) is 0 Å². The van der Waals surface area contributed by atoms with Gasteiger partial charge in [-0.1, -0.05) is 12.1 Å². The van der Waals surface area contributed by atoms with Crippen molar-refractivity contribution in [3.05, 3.63) is 79.2 Å². The van der Waals surface area contributed by atoms with E-state index in [1.165, 1.54) is 24.3 Å². The number of carbonyl (C=O) groups excluding carboxylic acids is 1. The summed E-state index contributed by atoms with van der Waals surface area (Å²) in [6.07, 6.45) is 0. The Morgan fingerprint density at radius 1 is 0.917 bits per heavy atom. The summed E-state index contributed by atoms with van der Waals surface area (Å²) < 4.78 is 85.4. The molecule has 0 atom stereocenters. The van der Waals surface area contributed by atoms with Gasteiger partial charge >= 0.3 is 5.97 Å². The lowest BCUT2D eigenvalue weighted by molar-refractivity contribution is -0.212. The van der Waals surface area contributed by atoms with Crippen LogP contribution in [-0.2, 0) is 24.9 Å². The van der Waals surface area contributed by atoms with Gasteiger partial charge in [0, 0.05) is 13.0 Å². The van der Waals surface area contributed by atoms with Crippen molar-refractivity contribution in [2.24, 2.45) is 4.40 Å². The van der Waals surface area contributed by atoms with E-state index in [9.17, 15) is 35.7 Å². The first-order valence-electron chi connectivity index (χ1n) is 9.42. The minimum absolute atomic E-state index is 0.0237. The number of carbonyl (C=O) groups is 1. The molecule has 0 N–H and O–H groups in total. The summed E-state index contributed by atoms with van der Waals surface area (Å²) in [6.45, 7) is -0.572. The molecule has 0 aliphatic heterocycles. The van der Waals surface area contributed by atoms with Gasteiger partial charge in [-0.05, 0) is 99.3 Å². The Morgan fingerprint density at radius 2 is 1.47 bits per heavy atom. The van der Waals surface area contributed by atoms with Crippen LogP contribution < -0.4 is 14.6 Å². The van der Waals surface area contributed by atoms with Gasteiger partial charge < -0.3 is 19.1 Å². The lowest BCUT2D eigenvalue weighted by Crippen LogP contribution is -2.21. The molecule has 3 aromatic rings. The van der Waals surface area contributed by atoms with E-state index < -0.39 is 44.4 Å². The third-order valence-electron chi connectivity index (χ3n) is 4.23. The Bertz CT molecular complexity index is 1520.